The monoisotopic (exact) mass is 460 g/mol. The van der Waals surface area contributed by atoms with E-state index in [0.29, 0.717) is 29.0 Å². The van der Waals surface area contributed by atoms with Crippen LogP contribution in [0.15, 0.2) is 82.7 Å². The molecule has 6 heteroatoms. The summed E-state index contributed by atoms with van der Waals surface area (Å²) in [6.07, 6.45) is 2.74. The fourth-order valence-electron chi connectivity index (χ4n) is 3.30. The van der Waals surface area contributed by atoms with Gasteiger partial charge in [-0.15, -0.1) is 0 Å². The fraction of sp³-hybridized carbons (Fsp3) is 0.185. The van der Waals surface area contributed by atoms with Crippen molar-refractivity contribution in [2.75, 3.05) is 6.54 Å². The summed E-state index contributed by atoms with van der Waals surface area (Å²) in [7, 11) is 0. The second-order valence-corrected chi connectivity index (χ2v) is 8.79. The third-order valence-electron chi connectivity index (χ3n) is 5.09. The molecule has 1 heterocycles. The Hall–Kier alpha value is -3.38. The lowest BCUT2D eigenvalue weighted by atomic mass is 10.2. The van der Waals surface area contributed by atoms with Crippen molar-refractivity contribution in [1.29, 1.82) is 0 Å². The average Bonchev–Trinajstić information content (AvgIpc) is 3.10. The van der Waals surface area contributed by atoms with Crippen LogP contribution < -0.4 is 4.74 Å². The van der Waals surface area contributed by atoms with E-state index in [1.807, 2.05) is 68.5 Å². The summed E-state index contributed by atoms with van der Waals surface area (Å²) in [5.74, 6) is 0.422. The van der Waals surface area contributed by atoms with Crippen molar-refractivity contribution in [1.82, 2.24) is 4.90 Å². The van der Waals surface area contributed by atoms with Crippen LogP contribution in [0.25, 0.3) is 6.08 Å². The van der Waals surface area contributed by atoms with Crippen molar-refractivity contribution in [3.05, 3.63) is 100 Å². The van der Waals surface area contributed by atoms with Gasteiger partial charge in [-0.3, -0.25) is 9.69 Å². The van der Waals surface area contributed by atoms with Crippen LogP contribution in [0.5, 0.6) is 5.75 Å². The van der Waals surface area contributed by atoms with Crippen LogP contribution >= 0.6 is 11.8 Å². The van der Waals surface area contributed by atoms with E-state index >= 15 is 0 Å². The molecule has 4 nitrogen and oxygen atoms in total. The highest BCUT2D eigenvalue weighted by atomic mass is 32.2. The van der Waals surface area contributed by atoms with Crippen LogP contribution in [0.4, 0.5) is 10.1 Å². The Morgan fingerprint density at radius 2 is 1.70 bits per heavy atom. The standard InChI is InChI=1S/C27H25FN2O2S/c1-3-16-30-26(31)25(33-27(30)29-23-12-4-19(2)5-13-23)17-20-8-14-24(15-9-20)32-18-21-6-10-22(28)11-7-21/h4-15,17H,3,16,18H2,1-2H3/b25-17+,29-27?. The SMILES string of the molecule is CCCN1C(=O)/C(=C\c2ccc(OCc3ccc(F)cc3)cc2)SC1=Nc1ccc(C)cc1. The van der Waals surface area contributed by atoms with Gasteiger partial charge in [0.15, 0.2) is 5.17 Å². The summed E-state index contributed by atoms with van der Waals surface area (Å²) in [5, 5.41) is 0.705. The number of hydrogen-bond acceptors (Lipinski definition) is 4. The van der Waals surface area contributed by atoms with Gasteiger partial charge in [0.25, 0.3) is 5.91 Å². The topological polar surface area (TPSA) is 41.9 Å². The fourth-order valence-corrected chi connectivity index (χ4v) is 4.33. The molecule has 0 aromatic heterocycles. The molecule has 33 heavy (non-hydrogen) atoms. The van der Waals surface area contributed by atoms with Gasteiger partial charge in [0.05, 0.1) is 10.6 Å². The minimum atomic E-state index is -0.264. The predicted octanol–water partition coefficient (Wildman–Crippen LogP) is 6.73. The Balaban J connectivity index is 1.47. The van der Waals surface area contributed by atoms with E-state index in [4.69, 9.17) is 9.73 Å². The maximum Gasteiger partial charge on any atom is 0.266 e. The van der Waals surface area contributed by atoms with Crippen LogP contribution in [0.3, 0.4) is 0 Å². The first-order valence-electron chi connectivity index (χ1n) is 10.9. The van der Waals surface area contributed by atoms with Crippen molar-refractivity contribution >= 4 is 34.6 Å². The maximum absolute atomic E-state index is 13.0. The summed E-state index contributed by atoms with van der Waals surface area (Å²) in [6.45, 7) is 5.08. The van der Waals surface area contributed by atoms with E-state index in [0.717, 1.165) is 23.2 Å². The normalized spacial score (nSPS) is 16.1. The van der Waals surface area contributed by atoms with Gasteiger partial charge in [-0.05, 0) is 78.7 Å². The molecule has 1 fully saturated rings. The van der Waals surface area contributed by atoms with E-state index in [1.54, 1.807) is 17.0 Å². The molecule has 1 aliphatic rings. The molecule has 0 atom stereocenters. The van der Waals surface area contributed by atoms with Gasteiger partial charge in [0.1, 0.15) is 18.2 Å². The van der Waals surface area contributed by atoms with Crippen molar-refractivity contribution in [3.63, 3.8) is 0 Å². The molecule has 0 aliphatic carbocycles. The first-order valence-corrected chi connectivity index (χ1v) is 11.7. The number of hydrogen-bond donors (Lipinski definition) is 0. The number of aliphatic imine (C=N–C) groups is 1. The summed E-state index contributed by atoms with van der Waals surface area (Å²) < 4.78 is 18.8. The Labute approximate surface area is 197 Å². The number of benzene rings is 3. The van der Waals surface area contributed by atoms with Gasteiger partial charge >= 0.3 is 0 Å². The van der Waals surface area contributed by atoms with Crippen LogP contribution in [0, 0.1) is 12.7 Å². The number of thioether (sulfide) groups is 1. The lowest BCUT2D eigenvalue weighted by molar-refractivity contribution is -0.122. The second-order valence-electron chi connectivity index (χ2n) is 7.78. The number of amides is 1. The van der Waals surface area contributed by atoms with Crippen molar-refractivity contribution in [2.45, 2.75) is 26.9 Å². The third kappa shape index (κ3) is 5.90. The lowest BCUT2D eigenvalue weighted by Crippen LogP contribution is -2.29. The highest BCUT2D eigenvalue weighted by Crippen LogP contribution is 2.34. The second kappa shape index (κ2) is 10.5. The van der Waals surface area contributed by atoms with E-state index in [1.165, 1.54) is 29.5 Å². The zero-order valence-corrected chi connectivity index (χ0v) is 19.4. The van der Waals surface area contributed by atoms with Crippen LogP contribution in [-0.4, -0.2) is 22.5 Å². The number of nitrogens with zero attached hydrogens (tertiary/aromatic N) is 2. The zero-order chi connectivity index (χ0) is 23.2. The Morgan fingerprint density at radius 3 is 2.36 bits per heavy atom. The molecular weight excluding hydrogens is 435 g/mol. The summed E-state index contributed by atoms with van der Waals surface area (Å²) >= 11 is 1.40. The molecule has 0 saturated carbocycles. The van der Waals surface area contributed by atoms with E-state index in [-0.39, 0.29) is 11.7 Å². The van der Waals surface area contributed by atoms with E-state index in [9.17, 15) is 9.18 Å². The van der Waals surface area contributed by atoms with Gasteiger partial charge in [0, 0.05) is 6.54 Å². The Kier molecular flexibility index (Phi) is 7.25. The van der Waals surface area contributed by atoms with Gasteiger partial charge < -0.3 is 4.74 Å². The summed E-state index contributed by atoms with van der Waals surface area (Å²) in [4.78, 5) is 20.1. The molecule has 0 bridgehead atoms. The average molecular weight is 461 g/mol. The van der Waals surface area contributed by atoms with Crippen LogP contribution in [0.1, 0.15) is 30.0 Å². The van der Waals surface area contributed by atoms with E-state index in [2.05, 4.69) is 0 Å². The number of amidine groups is 1. The number of halogens is 1. The smallest absolute Gasteiger partial charge is 0.266 e. The van der Waals surface area contributed by atoms with E-state index < -0.39 is 0 Å². The van der Waals surface area contributed by atoms with Crippen molar-refractivity contribution in [3.8, 4) is 5.75 Å². The van der Waals surface area contributed by atoms with Gasteiger partial charge in [-0.2, -0.15) is 0 Å². The quantitative estimate of drug-likeness (QED) is 0.367. The molecule has 0 radical (unpaired) electrons. The molecule has 0 unspecified atom stereocenters. The highest BCUT2D eigenvalue weighted by Gasteiger charge is 2.32. The third-order valence-corrected chi connectivity index (χ3v) is 6.10. The van der Waals surface area contributed by atoms with Crippen molar-refractivity contribution < 1.29 is 13.9 Å². The van der Waals surface area contributed by atoms with Crippen LogP contribution in [-0.2, 0) is 11.4 Å². The first kappa shape index (κ1) is 22.8. The van der Waals surface area contributed by atoms with Gasteiger partial charge in [-0.25, -0.2) is 9.38 Å². The zero-order valence-electron chi connectivity index (χ0n) is 18.6. The molecule has 168 valence electrons. The molecular formula is C27H25FN2O2S. The largest absolute Gasteiger partial charge is 0.489 e. The molecule has 3 aromatic rings. The maximum atomic E-state index is 13.0. The van der Waals surface area contributed by atoms with Crippen LogP contribution in [0.2, 0.25) is 0 Å². The minimum absolute atomic E-state index is 0.0238. The van der Waals surface area contributed by atoms with Gasteiger partial charge in [-0.1, -0.05) is 48.9 Å². The summed E-state index contributed by atoms with van der Waals surface area (Å²) in [5.41, 5.74) is 3.81. The predicted molar refractivity (Wildman–Crippen MR) is 133 cm³/mol. The lowest BCUT2D eigenvalue weighted by Gasteiger charge is -2.13. The first-order chi connectivity index (χ1) is 16.0. The number of rotatable bonds is 7. The molecule has 0 N–H and O–H groups in total. The minimum Gasteiger partial charge on any atom is -0.489 e. The van der Waals surface area contributed by atoms with Gasteiger partial charge in [0.2, 0.25) is 0 Å². The molecule has 0 spiro atoms. The molecule has 1 amide bonds. The summed E-state index contributed by atoms with van der Waals surface area (Å²) in [6, 6.07) is 21.8. The van der Waals surface area contributed by atoms with Crippen molar-refractivity contribution in [2.24, 2.45) is 4.99 Å². The number of carbonyl (C=O) groups is 1. The number of carbonyl (C=O) groups excluding carboxylic acids is 1. The molecule has 3 aromatic carbocycles. The Morgan fingerprint density at radius 1 is 1.00 bits per heavy atom. The molecule has 1 aliphatic heterocycles. The molecule has 1 saturated heterocycles. The number of ether oxygens (including phenoxy) is 1. The highest BCUT2D eigenvalue weighted by molar-refractivity contribution is 8.18. The molecule has 4 rings (SSSR count). The Bertz CT molecular complexity index is 1170. The number of aryl methyl sites for hydroxylation is 1.